The van der Waals surface area contributed by atoms with E-state index >= 15 is 0 Å². The van der Waals surface area contributed by atoms with E-state index in [1.165, 1.54) is 0 Å². The Hall–Kier alpha value is -1.72. The SMILES string of the molecule is CCOC(OCC)c1ccc(-c2n[nH]c(C)n2)cc1. The van der Waals surface area contributed by atoms with Crippen LogP contribution in [0.25, 0.3) is 11.4 Å². The van der Waals surface area contributed by atoms with Gasteiger partial charge in [-0.25, -0.2) is 4.98 Å². The number of hydrogen-bond acceptors (Lipinski definition) is 4. The van der Waals surface area contributed by atoms with Crippen LogP contribution in [-0.4, -0.2) is 28.4 Å². The van der Waals surface area contributed by atoms with Gasteiger partial charge in [-0.15, -0.1) is 0 Å². The fraction of sp³-hybridized carbons (Fsp3) is 0.429. The Kier molecular flexibility index (Phi) is 4.65. The summed E-state index contributed by atoms with van der Waals surface area (Å²) in [6.07, 6.45) is -0.307. The lowest BCUT2D eigenvalue weighted by atomic mass is 10.1. The first kappa shape index (κ1) is 13.7. The molecule has 0 aliphatic rings. The number of hydrogen-bond donors (Lipinski definition) is 1. The fourth-order valence-electron chi connectivity index (χ4n) is 1.80. The number of benzene rings is 1. The molecule has 102 valence electrons. The highest BCUT2D eigenvalue weighted by Gasteiger charge is 2.11. The van der Waals surface area contributed by atoms with Crippen molar-refractivity contribution in [2.24, 2.45) is 0 Å². The molecule has 0 atom stereocenters. The molecule has 0 aliphatic carbocycles. The summed E-state index contributed by atoms with van der Waals surface area (Å²) in [5.41, 5.74) is 1.97. The minimum atomic E-state index is -0.307. The van der Waals surface area contributed by atoms with Crippen LogP contribution in [0.3, 0.4) is 0 Å². The zero-order valence-electron chi connectivity index (χ0n) is 11.5. The Labute approximate surface area is 113 Å². The standard InChI is InChI=1S/C14H19N3O2/c1-4-18-14(19-5-2)12-8-6-11(7-9-12)13-15-10(3)16-17-13/h6-9,14H,4-5H2,1-3H3,(H,15,16,17). The first-order valence-electron chi connectivity index (χ1n) is 6.47. The summed E-state index contributed by atoms with van der Waals surface area (Å²) >= 11 is 0. The number of ether oxygens (including phenoxy) is 2. The van der Waals surface area contributed by atoms with Crippen LogP contribution in [0.1, 0.15) is 31.5 Å². The van der Waals surface area contributed by atoms with Crippen molar-refractivity contribution in [1.82, 2.24) is 15.2 Å². The Morgan fingerprint density at radius 2 is 1.74 bits per heavy atom. The van der Waals surface area contributed by atoms with Crippen molar-refractivity contribution in [2.45, 2.75) is 27.1 Å². The molecule has 1 N–H and O–H groups in total. The molecule has 5 heteroatoms. The predicted octanol–water partition coefficient (Wildman–Crippen LogP) is 2.85. The van der Waals surface area contributed by atoms with E-state index in [0.717, 1.165) is 17.0 Å². The van der Waals surface area contributed by atoms with Crippen LogP contribution < -0.4 is 0 Å². The average molecular weight is 261 g/mol. The van der Waals surface area contributed by atoms with Gasteiger partial charge in [-0.3, -0.25) is 5.10 Å². The molecule has 0 unspecified atom stereocenters. The van der Waals surface area contributed by atoms with Crippen molar-refractivity contribution >= 4 is 0 Å². The van der Waals surface area contributed by atoms with Gasteiger partial charge in [0.05, 0.1) is 0 Å². The van der Waals surface area contributed by atoms with E-state index in [1.807, 2.05) is 45.0 Å². The molecule has 0 saturated carbocycles. The molecular formula is C14H19N3O2. The first-order valence-corrected chi connectivity index (χ1v) is 6.47. The third kappa shape index (κ3) is 3.39. The molecule has 2 rings (SSSR count). The number of H-pyrrole nitrogens is 1. The highest BCUT2D eigenvalue weighted by molar-refractivity contribution is 5.54. The number of nitrogens with one attached hydrogen (secondary N) is 1. The molecule has 19 heavy (non-hydrogen) atoms. The van der Waals surface area contributed by atoms with Gasteiger partial charge in [0.2, 0.25) is 0 Å². The van der Waals surface area contributed by atoms with Crippen molar-refractivity contribution in [3.05, 3.63) is 35.7 Å². The van der Waals surface area contributed by atoms with Crippen LogP contribution >= 0.6 is 0 Å². The molecule has 2 aromatic rings. The number of nitrogens with zero attached hydrogens (tertiary/aromatic N) is 2. The highest BCUT2D eigenvalue weighted by atomic mass is 16.7. The minimum absolute atomic E-state index is 0.307. The van der Waals surface area contributed by atoms with E-state index in [9.17, 15) is 0 Å². The summed E-state index contributed by atoms with van der Waals surface area (Å²) in [4.78, 5) is 4.30. The van der Waals surface area contributed by atoms with E-state index in [-0.39, 0.29) is 6.29 Å². The second-order valence-electron chi connectivity index (χ2n) is 4.11. The summed E-state index contributed by atoms with van der Waals surface area (Å²) in [5.74, 6) is 1.51. The van der Waals surface area contributed by atoms with Crippen LogP contribution in [0.5, 0.6) is 0 Å². The molecule has 0 spiro atoms. The van der Waals surface area contributed by atoms with E-state index in [2.05, 4.69) is 15.2 Å². The predicted molar refractivity (Wildman–Crippen MR) is 72.5 cm³/mol. The zero-order valence-corrected chi connectivity index (χ0v) is 11.5. The van der Waals surface area contributed by atoms with Crippen molar-refractivity contribution in [1.29, 1.82) is 0 Å². The zero-order chi connectivity index (χ0) is 13.7. The lowest BCUT2D eigenvalue weighted by Gasteiger charge is -2.17. The van der Waals surface area contributed by atoms with Crippen molar-refractivity contribution < 1.29 is 9.47 Å². The monoisotopic (exact) mass is 261 g/mol. The molecule has 0 bridgehead atoms. The van der Waals surface area contributed by atoms with Crippen LogP contribution in [0.15, 0.2) is 24.3 Å². The van der Waals surface area contributed by atoms with Gasteiger partial charge in [-0.05, 0) is 20.8 Å². The van der Waals surface area contributed by atoms with E-state index < -0.39 is 0 Å². The number of aromatic amines is 1. The maximum atomic E-state index is 5.56. The molecule has 0 amide bonds. The Morgan fingerprint density at radius 1 is 1.11 bits per heavy atom. The first-order chi connectivity index (χ1) is 9.24. The van der Waals surface area contributed by atoms with Crippen LogP contribution in [-0.2, 0) is 9.47 Å². The quantitative estimate of drug-likeness (QED) is 0.812. The smallest absolute Gasteiger partial charge is 0.183 e. The fourth-order valence-corrected chi connectivity index (χ4v) is 1.80. The van der Waals surface area contributed by atoms with E-state index in [4.69, 9.17) is 9.47 Å². The summed E-state index contributed by atoms with van der Waals surface area (Å²) < 4.78 is 11.1. The second-order valence-corrected chi connectivity index (χ2v) is 4.11. The van der Waals surface area contributed by atoms with Gasteiger partial charge in [0.1, 0.15) is 5.82 Å². The Balaban J connectivity index is 2.17. The Bertz CT molecular complexity index is 502. The van der Waals surface area contributed by atoms with E-state index in [1.54, 1.807) is 0 Å². The van der Waals surface area contributed by atoms with Gasteiger partial charge in [-0.1, -0.05) is 24.3 Å². The lowest BCUT2D eigenvalue weighted by molar-refractivity contribution is -0.140. The molecular weight excluding hydrogens is 242 g/mol. The summed E-state index contributed by atoms with van der Waals surface area (Å²) in [6.45, 7) is 7.03. The molecule has 0 saturated heterocycles. The number of aryl methyl sites for hydroxylation is 1. The average Bonchev–Trinajstić information content (AvgIpc) is 2.85. The molecule has 1 aromatic heterocycles. The van der Waals surface area contributed by atoms with Crippen molar-refractivity contribution in [3.63, 3.8) is 0 Å². The van der Waals surface area contributed by atoms with Crippen LogP contribution in [0.4, 0.5) is 0 Å². The number of aromatic nitrogens is 3. The molecule has 0 fully saturated rings. The molecule has 0 radical (unpaired) electrons. The number of rotatable bonds is 6. The van der Waals surface area contributed by atoms with Crippen molar-refractivity contribution in [2.75, 3.05) is 13.2 Å². The summed E-state index contributed by atoms with van der Waals surface area (Å²) in [6, 6.07) is 7.92. The highest BCUT2D eigenvalue weighted by Crippen LogP contribution is 2.22. The van der Waals surface area contributed by atoms with Gasteiger partial charge >= 0.3 is 0 Å². The molecule has 5 nitrogen and oxygen atoms in total. The van der Waals surface area contributed by atoms with Crippen molar-refractivity contribution in [3.8, 4) is 11.4 Å². The van der Waals surface area contributed by atoms with Crippen LogP contribution in [0.2, 0.25) is 0 Å². The van der Waals surface area contributed by atoms with Gasteiger partial charge in [0, 0.05) is 24.3 Å². The maximum absolute atomic E-state index is 5.56. The summed E-state index contributed by atoms with van der Waals surface area (Å²) in [7, 11) is 0. The van der Waals surface area contributed by atoms with E-state index in [0.29, 0.717) is 19.0 Å². The molecule has 0 aliphatic heterocycles. The van der Waals surface area contributed by atoms with Gasteiger partial charge in [0.25, 0.3) is 0 Å². The minimum Gasteiger partial charge on any atom is -0.349 e. The topological polar surface area (TPSA) is 60.0 Å². The maximum Gasteiger partial charge on any atom is 0.183 e. The van der Waals surface area contributed by atoms with Gasteiger partial charge in [0.15, 0.2) is 12.1 Å². The largest absolute Gasteiger partial charge is 0.349 e. The molecule has 1 heterocycles. The second kappa shape index (κ2) is 6.45. The normalized spacial score (nSPS) is 11.2. The van der Waals surface area contributed by atoms with Gasteiger partial charge < -0.3 is 9.47 Å². The van der Waals surface area contributed by atoms with Crippen LogP contribution in [0, 0.1) is 6.92 Å². The molecule has 1 aromatic carbocycles. The third-order valence-corrected chi connectivity index (χ3v) is 2.67. The Morgan fingerprint density at radius 3 is 2.21 bits per heavy atom. The van der Waals surface area contributed by atoms with Gasteiger partial charge in [-0.2, -0.15) is 5.10 Å². The third-order valence-electron chi connectivity index (χ3n) is 2.67. The summed E-state index contributed by atoms with van der Waals surface area (Å²) in [5, 5.41) is 6.97. The lowest BCUT2D eigenvalue weighted by Crippen LogP contribution is -2.08.